The Bertz CT molecular complexity index is 494. The molecule has 1 aromatic carbocycles. The summed E-state index contributed by atoms with van der Waals surface area (Å²) in [5.41, 5.74) is 4.77. The highest BCUT2D eigenvalue weighted by atomic mass is 16.5. The summed E-state index contributed by atoms with van der Waals surface area (Å²) in [5.74, 6) is 7.21. The van der Waals surface area contributed by atoms with E-state index in [1.165, 1.54) is 0 Å². The van der Waals surface area contributed by atoms with Crippen LogP contribution in [0.3, 0.4) is 0 Å². The van der Waals surface area contributed by atoms with Gasteiger partial charge in [0.1, 0.15) is 17.6 Å². The topological polar surface area (TPSA) is 60.4 Å². The first kappa shape index (κ1) is 11.7. The Labute approximate surface area is 100 Å². The molecule has 1 atom stereocenters. The third-order valence-electron chi connectivity index (χ3n) is 2.78. The summed E-state index contributed by atoms with van der Waals surface area (Å²) < 4.78 is 10.8. The van der Waals surface area contributed by atoms with E-state index in [2.05, 4.69) is 5.43 Å². The zero-order chi connectivity index (χ0) is 12.3. The van der Waals surface area contributed by atoms with Gasteiger partial charge < -0.3 is 9.15 Å². The number of hydrazine groups is 1. The van der Waals surface area contributed by atoms with Crippen molar-refractivity contribution in [1.82, 2.24) is 5.43 Å². The van der Waals surface area contributed by atoms with Crippen molar-refractivity contribution in [3.8, 4) is 5.75 Å². The maximum atomic E-state index is 5.62. The van der Waals surface area contributed by atoms with Gasteiger partial charge in [0.2, 0.25) is 0 Å². The Hall–Kier alpha value is -1.78. The molecule has 2 aromatic rings. The minimum atomic E-state index is -0.207. The fraction of sp³-hybridized carbons (Fsp3) is 0.231. The minimum absolute atomic E-state index is 0.207. The smallest absolute Gasteiger partial charge is 0.129 e. The lowest BCUT2D eigenvalue weighted by Crippen LogP contribution is -2.29. The lowest BCUT2D eigenvalue weighted by atomic mass is 10.0. The Balaban J connectivity index is 2.46. The number of ether oxygens (including phenoxy) is 1. The average molecular weight is 232 g/mol. The van der Waals surface area contributed by atoms with E-state index in [1.807, 2.05) is 37.3 Å². The van der Waals surface area contributed by atoms with E-state index in [0.717, 1.165) is 22.6 Å². The number of benzene rings is 1. The highest BCUT2D eigenvalue weighted by Crippen LogP contribution is 2.31. The van der Waals surface area contributed by atoms with Crippen LogP contribution in [0.15, 0.2) is 41.0 Å². The Morgan fingerprint density at radius 3 is 2.65 bits per heavy atom. The van der Waals surface area contributed by atoms with E-state index >= 15 is 0 Å². The van der Waals surface area contributed by atoms with Crippen molar-refractivity contribution in [1.29, 1.82) is 0 Å². The van der Waals surface area contributed by atoms with E-state index in [1.54, 1.807) is 13.4 Å². The van der Waals surface area contributed by atoms with Gasteiger partial charge in [0.15, 0.2) is 0 Å². The molecule has 0 radical (unpaired) electrons. The van der Waals surface area contributed by atoms with E-state index in [0.29, 0.717) is 0 Å². The molecule has 0 fully saturated rings. The van der Waals surface area contributed by atoms with Crippen molar-refractivity contribution >= 4 is 0 Å². The van der Waals surface area contributed by atoms with Crippen molar-refractivity contribution in [2.45, 2.75) is 13.0 Å². The number of nitrogens with two attached hydrogens (primary N) is 1. The molecular weight excluding hydrogens is 216 g/mol. The highest BCUT2D eigenvalue weighted by molar-refractivity contribution is 5.40. The zero-order valence-corrected chi connectivity index (χ0v) is 9.94. The van der Waals surface area contributed by atoms with E-state index < -0.39 is 0 Å². The quantitative estimate of drug-likeness (QED) is 0.626. The van der Waals surface area contributed by atoms with E-state index in [9.17, 15) is 0 Å². The summed E-state index contributed by atoms with van der Waals surface area (Å²) in [6, 6.07) is 9.44. The summed E-state index contributed by atoms with van der Waals surface area (Å²) in [7, 11) is 1.64. The molecule has 1 heterocycles. The Morgan fingerprint density at radius 1 is 1.29 bits per heavy atom. The standard InChI is InChI=1S/C13H16N2O2/c1-9-7-8-17-13(9)12(15-14)10-5-3-4-6-11(10)16-2/h3-8,12,15H,14H2,1-2H3. The zero-order valence-electron chi connectivity index (χ0n) is 9.94. The number of furan rings is 1. The van der Waals surface area contributed by atoms with Crippen molar-refractivity contribution in [3.63, 3.8) is 0 Å². The maximum Gasteiger partial charge on any atom is 0.129 e. The number of para-hydroxylation sites is 1. The molecule has 2 rings (SSSR count). The van der Waals surface area contributed by atoms with Crippen LogP contribution in [0.25, 0.3) is 0 Å². The molecule has 0 aliphatic heterocycles. The normalized spacial score (nSPS) is 12.4. The maximum absolute atomic E-state index is 5.62. The molecule has 17 heavy (non-hydrogen) atoms. The van der Waals surface area contributed by atoms with Gasteiger partial charge in [-0.15, -0.1) is 0 Å². The van der Waals surface area contributed by atoms with Crippen LogP contribution >= 0.6 is 0 Å². The third-order valence-corrected chi connectivity index (χ3v) is 2.78. The predicted molar refractivity (Wildman–Crippen MR) is 65.6 cm³/mol. The lowest BCUT2D eigenvalue weighted by molar-refractivity contribution is 0.393. The molecule has 0 saturated heterocycles. The summed E-state index contributed by atoms with van der Waals surface area (Å²) in [4.78, 5) is 0. The number of methoxy groups -OCH3 is 1. The molecule has 0 spiro atoms. The van der Waals surface area contributed by atoms with Crippen LogP contribution in [0.5, 0.6) is 5.75 Å². The Kier molecular flexibility index (Phi) is 3.46. The van der Waals surface area contributed by atoms with Crippen LogP contribution in [-0.2, 0) is 0 Å². The largest absolute Gasteiger partial charge is 0.496 e. The molecule has 1 unspecified atom stereocenters. The number of nitrogens with one attached hydrogen (secondary N) is 1. The molecule has 0 aliphatic rings. The second-order valence-corrected chi connectivity index (χ2v) is 3.81. The summed E-state index contributed by atoms with van der Waals surface area (Å²) in [6.07, 6.45) is 1.66. The van der Waals surface area contributed by atoms with Crippen LogP contribution in [-0.4, -0.2) is 7.11 Å². The summed E-state index contributed by atoms with van der Waals surface area (Å²) in [6.45, 7) is 1.98. The van der Waals surface area contributed by atoms with Crippen LogP contribution in [0.4, 0.5) is 0 Å². The van der Waals surface area contributed by atoms with Gasteiger partial charge in [-0.05, 0) is 24.6 Å². The van der Waals surface area contributed by atoms with Gasteiger partial charge >= 0.3 is 0 Å². The second kappa shape index (κ2) is 5.03. The highest BCUT2D eigenvalue weighted by Gasteiger charge is 2.20. The fourth-order valence-corrected chi connectivity index (χ4v) is 1.89. The van der Waals surface area contributed by atoms with Crippen molar-refractivity contribution in [2.24, 2.45) is 5.84 Å². The van der Waals surface area contributed by atoms with Crippen LogP contribution in [0.1, 0.15) is 22.9 Å². The SMILES string of the molecule is COc1ccccc1C(NN)c1occc1C. The predicted octanol–water partition coefficient (Wildman–Crippen LogP) is 2.15. The molecule has 0 amide bonds. The monoisotopic (exact) mass is 232 g/mol. The molecule has 1 aromatic heterocycles. The van der Waals surface area contributed by atoms with Crippen molar-refractivity contribution in [3.05, 3.63) is 53.5 Å². The molecule has 0 saturated carbocycles. The molecule has 4 nitrogen and oxygen atoms in total. The van der Waals surface area contributed by atoms with E-state index in [4.69, 9.17) is 15.0 Å². The van der Waals surface area contributed by atoms with Gasteiger partial charge in [0.05, 0.1) is 13.4 Å². The second-order valence-electron chi connectivity index (χ2n) is 3.81. The average Bonchev–Trinajstić information content (AvgIpc) is 2.78. The minimum Gasteiger partial charge on any atom is -0.496 e. The third kappa shape index (κ3) is 2.18. The summed E-state index contributed by atoms with van der Waals surface area (Å²) >= 11 is 0. The first-order chi connectivity index (χ1) is 8.27. The van der Waals surface area contributed by atoms with Gasteiger partial charge in [-0.1, -0.05) is 18.2 Å². The fourth-order valence-electron chi connectivity index (χ4n) is 1.89. The van der Waals surface area contributed by atoms with Crippen LogP contribution in [0, 0.1) is 6.92 Å². The summed E-state index contributed by atoms with van der Waals surface area (Å²) in [5, 5.41) is 0. The van der Waals surface area contributed by atoms with Crippen LogP contribution in [0.2, 0.25) is 0 Å². The first-order valence-corrected chi connectivity index (χ1v) is 5.41. The van der Waals surface area contributed by atoms with Gasteiger partial charge in [0.25, 0.3) is 0 Å². The molecular formula is C13H16N2O2. The van der Waals surface area contributed by atoms with Gasteiger partial charge in [-0.3, -0.25) is 5.84 Å². The lowest BCUT2D eigenvalue weighted by Gasteiger charge is -2.17. The molecule has 3 N–H and O–H groups in total. The molecule has 0 aliphatic carbocycles. The van der Waals surface area contributed by atoms with Crippen LogP contribution < -0.4 is 16.0 Å². The number of aryl methyl sites for hydroxylation is 1. The number of rotatable bonds is 4. The number of hydrogen-bond donors (Lipinski definition) is 2. The van der Waals surface area contributed by atoms with Gasteiger partial charge in [-0.2, -0.15) is 0 Å². The van der Waals surface area contributed by atoms with Crippen molar-refractivity contribution < 1.29 is 9.15 Å². The van der Waals surface area contributed by atoms with E-state index in [-0.39, 0.29) is 6.04 Å². The molecule has 90 valence electrons. The van der Waals surface area contributed by atoms with Crippen molar-refractivity contribution in [2.75, 3.05) is 7.11 Å². The first-order valence-electron chi connectivity index (χ1n) is 5.41. The molecule has 0 bridgehead atoms. The number of hydrogen-bond acceptors (Lipinski definition) is 4. The van der Waals surface area contributed by atoms with Gasteiger partial charge in [-0.25, -0.2) is 5.43 Å². The van der Waals surface area contributed by atoms with Gasteiger partial charge in [0, 0.05) is 5.56 Å². The Morgan fingerprint density at radius 2 is 2.06 bits per heavy atom. The molecule has 4 heteroatoms.